The molecule has 2 heterocycles. The quantitative estimate of drug-likeness (QED) is 0.746. The van der Waals surface area contributed by atoms with Gasteiger partial charge in [-0.05, 0) is 19.9 Å². The van der Waals surface area contributed by atoms with Gasteiger partial charge in [0.05, 0.1) is 5.41 Å². The van der Waals surface area contributed by atoms with Gasteiger partial charge in [-0.15, -0.1) is 0 Å². The Hall–Kier alpha value is -1.43. The fraction of sp³-hybridized carbons (Fsp3) is 0.700. The van der Waals surface area contributed by atoms with Gasteiger partial charge in [0, 0.05) is 19.5 Å². The summed E-state index contributed by atoms with van der Waals surface area (Å²) >= 11 is 0. The molecule has 0 aromatic carbocycles. The van der Waals surface area contributed by atoms with Crippen molar-refractivity contribution < 1.29 is 9.90 Å². The number of carboxylic acid groups (broad SMARTS) is 1. The molecule has 0 amide bonds. The van der Waals surface area contributed by atoms with Gasteiger partial charge in [0.1, 0.15) is 12.2 Å². The predicted octanol–water partition coefficient (Wildman–Crippen LogP) is -0.0952. The van der Waals surface area contributed by atoms with E-state index < -0.39 is 11.4 Å². The minimum Gasteiger partial charge on any atom is -0.481 e. The molecule has 1 aliphatic rings. The molecule has 6 nitrogen and oxygen atoms in total. The Kier molecular flexibility index (Phi) is 2.91. The summed E-state index contributed by atoms with van der Waals surface area (Å²) in [6, 6.07) is 0. The molecule has 0 spiro atoms. The van der Waals surface area contributed by atoms with E-state index in [4.69, 9.17) is 0 Å². The monoisotopic (exact) mass is 224 g/mol. The first kappa shape index (κ1) is 11.1. The van der Waals surface area contributed by atoms with E-state index in [2.05, 4.69) is 15.4 Å². The van der Waals surface area contributed by atoms with Crippen LogP contribution in [0.4, 0.5) is 0 Å². The Morgan fingerprint density at radius 2 is 2.56 bits per heavy atom. The van der Waals surface area contributed by atoms with Gasteiger partial charge in [-0.2, -0.15) is 5.10 Å². The molecule has 2 rings (SSSR count). The topological polar surface area (TPSA) is 80.0 Å². The van der Waals surface area contributed by atoms with Gasteiger partial charge in [-0.3, -0.25) is 9.48 Å². The average Bonchev–Trinajstić information content (AvgIpc) is 2.88. The molecule has 1 saturated heterocycles. The molecule has 1 unspecified atom stereocenters. The van der Waals surface area contributed by atoms with E-state index in [9.17, 15) is 9.90 Å². The molecule has 1 aliphatic heterocycles. The number of rotatable bonds is 4. The summed E-state index contributed by atoms with van der Waals surface area (Å²) in [5.74, 6) is 0.0109. The van der Waals surface area contributed by atoms with Gasteiger partial charge < -0.3 is 10.4 Å². The number of aryl methyl sites for hydroxylation is 1. The van der Waals surface area contributed by atoms with Crippen LogP contribution in [0.3, 0.4) is 0 Å². The number of nitrogens with one attached hydrogen (secondary N) is 1. The molecule has 0 bridgehead atoms. The normalized spacial score (nSPS) is 24.8. The summed E-state index contributed by atoms with van der Waals surface area (Å²) in [5.41, 5.74) is -0.708. The Balaban J connectivity index is 2.21. The van der Waals surface area contributed by atoms with Gasteiger partial charge in [-0.25, -0.2) is 4.98 Å². The Labute approximate surface area is 93.7 Å². The van der Waals surface area contributed by atoms with E-state index in [0.29, 0.717) is 19.4 Å². The standard InChI is InChI=1S/C10H16N4O2/c1-2-14-8(12-7-13-14)5-10(9(15)16)3-4-11-6-10/h7,11H,2-6H2,1H3,(H,15,16). The van der Waals surface area contributed by atoms with Crippen LogP contribution in [0.1, 0.15) is 19.2 Å². The lowest BCUT2D eigenvalue weighted by Gasteiger charge is -2.22. The Bertz CT molecular complexity index is 382. The summed E-state index contributed by atoms with van der Waals surface area (Å²) in [7, 11) is 0. The van der Waals surface area contributed by atoms with Crippen LogP contribution in [-0.2, 0) is 17.8 Å². The molecule has 1 atom stereocenters. The van der Waals surface area contributed by atoms with Crippen molar-refractivity contribution in [3.05, 3.63) is 12.2 Å². The first-order chi connectivity index (χ1) is 7.68. The number of hydrogen-bond acceptors (Lipinski definition) is 4. The molecule has 1 fully saturated rings. The minimum atomic E-state index is -0.747. The summed E-state index contributed by atoms with van der Waals surface area (Å²) < 4.78 is 1.75. The first-order valence-electron chi connectivity index (χ1n) is 5.49. The second kappa shape index (κ2) is 4.21. The maximum Gasteiger partial charge on any atom is 0.311 e. The van der Waals surface area contributed by atoms with Crippen molar-refractivity contribution in [2.45, 2.75) is 26.3 Å². The lowest BCUT2D eigenvalue weighted by molar-refractivity contribution is -0.147. The molecule has 0 aliphatic carbocycles. The molecule has 88 valence electrons. The van der Waals surface area contributed by atoms with Gasteiger partial charge in [-0.1, -0.05) is 0 Å². The summed E-state index contributed by atoms with van der Waals surface area (Å²) in [6.45, 7) is 3.96. The van der Waals surface area contributed by atoms with Crippen LogP contribution in [0.5, 0.6) is 0 Å². The van der Waals surface area contributed by atoms with E-state index in [1.807, 2.05) is 6.92 Å². The number of hydrogen-bond donors (Lipinski definition) is 2. The van der Waals surface area contributed by atoms with Crippen LogP contribution in [0.15, 0.2) is 6.33 Å². The number of nitrogens with zero attached hydrogens (tertiary/aromatic N) is 3. The molecule has 6 heteroatoms. The van der Waals surface area contributed by atoms with Crippen molar-refractivity contribution in [1.82, 2.24) is 20.1 Å². The van der Waals surface area contributed by atoms with E-state index >= 15 is 0 Å². The smallest absolute Gasteiger partial charge is 0.311 e. The minimum absolute atomic E-state index is 0.448. The fourth-order valence-electron chi connectivity index (χ4n) is 2.14. The Morgan fingerprint density at radius 3 is 3.12 bits per heavy atom. The van der Waals surface area contributed by atoms with Crippen LogP contribution < -0.4 is 5.32 Å². The highest BCUT2D eigenvalue weighted by Crippen LogP contribution is 2.29. The van der Waals surface area contributed by atoms with E-state index in [0.717, 1.165) is 18.9 Å². The summed E-state index contributed by atoms with van der Waals surface area (Å²) in [6.07, 6.45) is 2.58. The zero-order valence-corrected chi connectivity index (χ0v) is 9.31. The summed E-state index contributed by atoms with van der Waals surface area (Å²) in [5, 5.41) is 16.5. The molecule has 2 N–H and O–H groups in total. The van der Waals surface area contributed by atoms with E-state index in [-0.39, 0.29) is 0 Å². The van der Waals surface area contributed by atoms with Gasteiger partial charge in [0.2, 0.25) is 0 Å². The van der Waals surface area contributed by atoms with Crippen LogP contribution in [-0.4, -0.2) is 38.9 Å². The van der Waals surface area contributed by atoms with Crippen LogP contribution in [0.25, 0.3) is 0 Å². The maximum atomic E-state index is 11.4. The van der Waals surface area contributed by atoms with Crippen molar-refractivity contribution in [3.63, 3.8) is 0 Å². The lowest BCUT2D eigenvalue weighted by Crippen LogP contribution is -2.36. The molecule has 0 saturated carbocycles. The highest BCUT2D eigenvalue weighted by atomic mass is 16.4. The third-order valence-electron chi connectivity index (χ3n) is 3.19. The molecule has 1 aromatic heterocycles. The lowest BCUT2D eigenvalue weighted by atomic mass is 9.83. The highest BCUT2D eigenvalue weighted by Gasteiger charge is 2.42. The van der Waals surface area contributed by atoms with Crippen LogP contribution >= 0.6 is 0 Å². The first-order valence-corrected chi connectivity index (χ1v) is 5.49. The van der Waals surface area contributed by atoms with Crippen molar-refractivity contribution in [2.24, 2.45) is 5.41 Å². The zero-order valence-electron chi connectivity index (χ0n) is 9.31. The van der Waals surface area contributed by atoms with Gasteiger partial charge in [0.15, 0.2) is 0 Å². The number of carbonyl (C=O) groups is 1. The zero-order chi connectivity index (χ0) is 11.6. The third kappa shape index (κ3) is 1.80. The maximum absolute atomic E-state index is 11.4. The SMILES string of the molecule is CCn1ncnc1CC1(C(=O)O)CCNC1. The molecule has 1 aromatic rings. The fourth-order valence-corrected chi connectivity index (χ4v) is 2.14. The molecular weight excluding hydrogens is 208 g/mol. The predicted molar refractivity (Wildman–Crippen MR) is 57.0 cm³/mol. The third-order valence-corrected chi connectivity index (χ3v) is 3.19. The van der Waals surface area contributed by atoms with Crippen molar-refractivity contribution in [2.75, 3.05) is 13.1 Å². The van der Waals surface area contributed by atoms with E-state index in [1.165, 1.54) is 6.33 Å². The van der Waals surface area contributed by atoms with E-state index in [1.54, 1.807) is 4.68 Å². The van der Waals surface area contributed by atoms with Crippen LogP contribution in [0.2, 0.25) is 0 Å². The van der Waals surface area contributed by atoms with Crippen LogP contribution in [0, 0.1) is 5.41 Å². The second-order valence-corrected chi connectivity index (χ2v) is 4.18. The Morgan fingerprint density at radius 1 is 1.75 bits per heavy atom. The number of carboxylic acids is 1. The molecular formula is C10H16N4O2. The largest absolute Gasteiger partial charge is 0.481 e. The number of aromatic nitrogens is 3. The van der Waals surface area contributed by atoms with Gasteiger partial charge in [0.25, 0.3) is 0 Å². The number of aliphatic carboxylic acids is 1. The molecule has 16 heavy (non-hydrogen) atoms. The average molecular weight is 224 g/mol. The second-order valence-electron chi connectivity index (χ2n) is 4.18. The summed E-state index contributed by atoms with van der Waals surface area (Å²) in [4.78, 5) is 15.5. The van der Waals surface area contributed by atoms with Crippen molar-refractivity contribution in [1.29, 1.82) is 0 Å². The highest BCUT2D eigenvalue weighted by molar-refractivity contribution is 5.75. The van der Waals surface area contributed by atoms with Gasteiger partial charge >= 0.3 is 5.97 Å². The molecule has 0 radical (unpaired) electrons. The van der Waals surface area contributed by atoms with Crippen molar-refractivity contribution >= 4 is 5.97 Å². The van der Waals surface area contributed by atoms with Crippen molar-refractivity contribution in [3.8, 4) is 0 Å².